The molecule has 0 aromatic heterocycles. The fourth-order valence-electron chi connectivity index (χ4n) is 0.308. The van der Waals surface area contributed by atoms with Crippen molar-refractivity contribution in [2.45, 2.75) is 26.3 Å². The number of rotatable bonds is 2. The van der Waals surface area contributed by atoms with Crippen LogP contribution in [-0.4, -0.2) is 24.4 Å². The first-order valence-corrected chi connectivity index (χ1v) is 4.52. The van der Waals surface area contributed by atoms with Gasteiger partial charge in [-0.3, -0.25) is 9.87 Å². The fourth-order valence-corrected chi connectivity index (χ4v) is 0.923. The van der Waals surface area contributed by atoms with E-state index in [1.165, 1.54) is 0 Å². The summed E-state index contributed by atoms with van der Waals surface area (Å²) in [6.07, 6.45) is 0. The summed E-state index contributed by atoms with van der Waals surface area (Å²) >= 11 is 0. The van der Waals surface area contributed by atoms with Gasteiger partial charge in [0.1, 0.15) is 5.88 Å². The van der Waals surface area contributed by atoms with Crippen LogP contribution in [0.3, 0.4) is 0 Å². The van der Waals surface area contributed by atoms with Crippen molar-refractivity contribution < 1.29 is 44.0 Å². The Labute approximate surface area is 91.3 Å². The van der Waals surface area contributed by atoms with Gasteiger partial charge in [-0.15, -0.1) is 0 Å². The van der Waals surface area contributed by atoms with E-state index in [2.05, 4.69) is 5.32 Å². The molecule has 0 bridgehead atoms. The van der Waals surface area contributed by atoms with Gasteiger partial charge in [-0.05, 0) is 20.8 Å². The minimum absolute atomic E-state index is 0. The van der Waals surface area contributed by atoms with Gasteiger partial charge in [0.05, 0.1) is 0 Å². The molecule has 0 aliphatic carbocycles. The first kappa shape index (κ1) is 14.4. The Balaban J connectivity index is -0.000000405. The van der Waals surface area contributed by atoms with Crippen molar-refractivity contribution in [3.05, 3.63) is 0 Å². The Kier molecular flexibility index (Phi) is 6.27. The molecule has 0 aliphatic rings. The summed E-state index contributed by atoms with van der Waals surface area (Å²) in [4.78, 5) is 0. The van der Waals surface area contributed by atoms with Gasteiger partial charge in [0.25, 0.3) is 10.1 Å². The summed E-state index contributed by atoms with van der Waals surface area (Å²) < 4.78 is 28.6. The van der Waals surface area contributed by atoms with Crippen molar-refractivity contribution in [2.24, 2.45) is 0 Å². The first-order valence-electron chi connectivity index (χ1n) is 2.91. The zero-order valence-electron chi connectivity index (χ0n) is 8.38. The van der Waals surface area contributed by atoms with Crippen LogP contribution >= 0.6 is 0 Å². The average molecular weight is 191 g/mol. The smallest absolute Gasteiger partial charge is 1.00 e. The van der Waals surface area contributed by atoms with Gasteiger partial charge >= 0.3 is 29.6 Å². The topological polar surface area (TPSA) is 66.4 Å². The van der Waals surface area contributed by atoms with Crippen LogP contribution in [0.2, 0.25) is 0 Å². The van der Waals surface area contributed by atoms with E-state index in [-0.39, 0.29) is 36.5 Å². The Morgan fingerprint density at radius 1 is 1.45 bits per heavy atom. The Bertz CT molecular complexity index is 199. The second-order valence-corrected chi connectivity index (χ2v) is 4.61. The van der Waals surface area contributed by atoms with Gasteiger partial charge in [-0.25, -0.2) is 0 Å². The van der Waals surface area contributed by atoms with E-state index >= 15 is 0 Å². The van der Waals surface area contributed by atoms with Gasteiger partial charge in [0.2, 0.25) is 0 Å². The minimum Gasteiger partial charge on any atom is -1.00 e. The maximum atomic E-state index is 10.2. The van der Waals surface area contributed by atoms with Gasteiger partial charge in [-0.1, -0.05) is 0 Å². The number of hydrogen-bond acceptors (Lipinski definition) is 3. The maximum absolute atomic E-state index is 10.2. The molecule has 0 atom stereocenters. The third-order valence-corrected chi connectivity index (χ3v) is 1.29. The Hall–Kier alpha value is 0.870. The van der Waals surface area contributed by atoms with E-state index < -0.39 is 16.0 Å². The zero-order chi connectivity index (χ0) is 8.41. The summed E-state index contributed by atoms with van der Waals surface area (Å²) in [6.45, 7) is 5.45. The SMILES string of the molecule is CC(C)(C)NCS(=O)(=O)O.[H-].[Na+]. The van der Waals surface area contributed by atoms with Crippen molar-refractivity contribution >= 4 is 10.1 Å². The molecule has 4 nitrogen and oxygen atoms in total. The molecule has 11 heavy (non-hydrogen) atoms. The van der Waals surface area contributed by atoms with Gasteiger partial charge in [0, 0.05) is 5.54 Å². The van der Waals surface area contributed by atoms with Crippen LogP contribution < -0.4 is 34.9 Å². The molecule has 0 aliphatic heterocycles. The van der Waals surface area contributed by atoms with Gasteiger partial charge in [-0.2, -0.15) is 8.42 Å². The van der Waals surface area contributed by atoms with E-state index in [1.54, 1.807) is 0 Å². The molecule has 6 heteroatoms. The van der Waals surface area contributed by atoms with Crippen molar-refractivity contribution in [1.82, 2.24) is 5.32 Å². The van der Waals surface area contributed by atoms with Crippen molar-refractivity contribution in [1.29, 1.82) is 0 Å². The first-order chi connectivity index (χ1) is 4.21. The zero-order valence-corrected chi connectivity index (χ0v) is 10.2. The molecule has 0 radical (unpaired) electrons. The van der Waals surface area contributed by atoms with E-state index in [4.69, 9.17) is 4.55 Å². The van der Waals surface area contributed by atoms with Crippen LogP contribution in [0.4, 0.5) is 0 Å². The van der Waals surface area contributed by atoms with Crippen LogP contribution in [-0.2, 0) is 10.1 Å². The van der Waals surface area contributed by atoms with Crippen molar-refractivity contribution in [3.8, 4) is 0 Å². The number of hydrogen-bond donors (Lipinski definition) is 2. The summed E-state index contributed by atoms with van der Waals surface area (Å²) in [5.41, 5.74) is -0.282. The van der Waals surface area contributed by atoms with Gasteiger partial charge < -0.3 is 1.43 Å². The molecular weight excluding hydrogens is 177 g/mol. The van der Waals surface area contributed by atoms with Crippen LogP contribution in [0.5, 0.6) is 0 Å². The van der Waals surface area contributed by atoms with E-state index in [1.807, 2.05) is 20.8 Å². The molecule has 0 rings (SSSR count). The molecule has 0 saturated carbocycles. The molecule has 0 fully saturated rings. The normalized spacial score (nSPS) is 12.4. The predicted molar refractivity (Wildman–Crippen MR) is 40.4 cm³/mol. The van der Waals surface area contributed by atoms with E-state index in [0.29, 0.717) is 0 Å². The summed E-state index contributed by atoms with van der Waals surface area (Å²) in [7, 11) is -3.87. The van der Waals surface area contributed by atoms with Crippen LogP contribution in [0.25, 0.3) is 0 Å². The van der Waals surface area contributed by atoms with Crippen LogP contribution in [0, 0.1) is 0 Å². The largest absolute Gasteiger partial charge is 1.00 e. The van der Waals surface area contributed by atoms with Crippen molar-refractivity contribution in [3.63, 3.8) is 0 Å². The quantitative estimate of drug-likeness (QED) is 0.369. The monoisotopic (exact) mass is 191 g/mol. The second-order valence-electron chi connectivity index (χ2n) is 3.15. The molecular formula is C5H14NNaO3S. The summed E-state index contributed by atoms with van der Waals surface area (Å²) in [5, 5.41) is 2.62. The average Bonchev–Trinajstić information content (AvgIpc) is 1.57. The van der Waals surface area contributed by atoms with Gasteiger partial charge in [0.15, 0.2) is 0 Å². The molecule has 0 saturated heterocycles. The molecule has 0 aromatic carbocycles. The number of nitrogens with one attached hydrogen (secondary N) is 1. The second kappa shape index (κ2) is 4.79. The maximum Gasteiger partial charge on any atom is 1.00 e. The standard InChI is InChI=1S/C5H13NO3S.Na.H/c1-5(2,3)6-4-10(7,8)9;;/h6H,4H2,1-3H3,(H,7,8,9);;/q;+1;-1. The van der Waals surface area contributed by atoms with Crippen molar-refractivity contribution in [2.75, 3.05) is 5.88 Å². The van der Waals surface area contributed by atoms with E-state index in [9.17, 15) is 8.42 Å². The summed E-state index contributed by atoms with van der Waals surface area (Å²) in [6, 6.07) is 0. The fraction of sp³-hybridized carbons (Fsp3) is 1.00. The molecule has 0 unspecified atom stereocenters. The molecule has 64 valence electrons. The molecule has 0 aromatic rings. The van der Waals surface area contributed by atoms with E-state index in [0.717, 1.165) is 0 Å². The third-order valence-electron chi connectivity index (χ3n) is 0.785. The molecule has 2 N–H and O–H groups in total. The molecule has 0 amide bonds. The summed E-state index contributed by atoms with van der Waals surface area (Å²) in [5.74, 6) is -0.392. The predicted octanol–water partition coefficient (Wildman–Crippen LogP) is -2.66. The Morgan fingerprint density at radius 3 is 1.91 bits per heavy atom. The molecule has 0 heterocycles. The third kappa shape index (κ3) is 13.8. The Morgan fingerprint density at radius 2 is 1.82 bits per heavy atom. The minimum atomic E-state index is -3.87. The molecule has 0 spiro atoms. The van der Waals surface area contributed by atoms with Crippen LogP contribution in [0.1, 0.15) is 22.2 Å². The van der Waals surface area contributed by atoms with Crippen LogP contribution in [0.15, 0.2) is 0 Å².